The average Bonchev–Trinajstić information content (AvgIpc) is 3.18. The number of ether oxygens (including phenoxy) is 1. The van der Waals surface area contributed by atoms with Crippen LogP contribution in [0.5, 0.6) is 5.75 Å². The van der Waals surface area contributed by atoms with Gasteiger partial charge in [-0.1, -0.05) is 35.3 Å². The Morgan fingerprint density at radius 1 is 1.05 bits per heavy atom. The molecule has 5 rings (SSSR count). The van der Waals surface area contributed by atoms with E-state index in [9.17, 15) is 19.5 Å². The number of nitrogens with zero attached hydrogens (tertiary/aromatic N) is 3. The number of anilines is 2. The maximum Gasteiger partial charge on any atom is 0.262 e. The van der Waals surface area contributed by atoms with E-state index in [0.717, 1.165) is 31.7 Å². The summed E-state index contributed by atoms with van der Waals surface area (Å²) in [6.45, 7) is 3.72. The molecule has 11 heteroatoms. The van der Waals surface area contributed by atoms with Crippen molar-refractivity contribution in [2.45, 2.75) is 24.9 Å². The first kappa shape index (κ1) is 31.7. The molecule has 3 aromatic rings. The molecule has 1 saturated heterocycles. The van der Waals surface area contributed by atoms with E-state index in [-0.39, 0.29) is 29.9 Å². The van der Waals surface area contributed by atoms with Gasteiger partial charge in [0.15, 0.2) is 0 Å². The first-order valence-corrected chi connectivity index (χ1v) is 15.2. The molecule has 0 aliphatic carbocycles. The van der Waals surface area contributed by atoms with Crippen LogP contribution in [0.4, 0.5) is 11.4 Å². The molecule has 44 heavy (non-hydrogen) atoms. The lowest BCUT2D eigenvalue weighted by atomic mass is 9.98. The number of methoxy groups -OCH3 is 1. The molecule has 2 N–H and O–H groups in total. The Morgan fingerprint density at radius 3 is 2.52 bits per heavy atom. The van der Waals surface area contributed by atoms with Gasteiger partial charge in [0.1, 0.15) is 11.7 Å². The van der Waals surface area contributed by atoms with Crippen LogP contribution in [0.3, 0.4) is 0 Å². The van der Waals surface area contributed by atoms with Crippen molar-refractivity contribution in [1.29, 1.82) is 0 Å². The number of piperazine rings is 1. The van der Waals surface area contributed by atoms with E-state index < -0.39 is 11.9 Å². The lowest BCUT2D eigenvalue weighted by molar-refractivity contribution is 0.0730. The Hall–Kier alpha value is -3.69. The third-order valence-electron chi connectivity index (χ3n) is 8.26. The zero-order chi connectivity index (χ0) is 31.2. The highest BCUT2D eigenvalue weighted by atomic mass is 35.5. The van der Waals surface area contributed by atoms with Crippen LogP contribution in [-0.4, -0.2) is 91.2 Å². The topological polar surface area (TPSA) is 102 Å². The predicted octanol–water partition coefficient (Wildman–Crippen LogP) is 4.58. The Labute approximate surface area is 266 Å². The van der Waals surface area contributed by atoms with Gasteiger partial charge in [-0.25, -0.2) is 4.79 Å². The maximum atomic E-state index is 14.5. The summed E-state index contributed by atoms with van der Waals surface area (Å²) in [6.07, 6.45) is 2.79. The van der Waals surface area contributed by atoms with Crippen molar-refractivity contribution in [3.05, 3.63) is 93.5 Å². The quantitative estimate of drug-likeness (QED) is 0.349. The monoisotopic (exact) mass is 636 g/mol. The van der Waals surface area contributed by atoms with Gasteiger partial charge in [0.05, 0.1) is 35.9 Å². The van der Waals surface area contributed by atoms with Crippen LogP contribution in [0, 0.1) is 0 Å². The molecule has 2 aliphatic rings. The van der Waals surface area contributed by atoms with Crippen molar-refractivity contribution in [1.82, 2.24) is 9.80 Å². The second kappa shape index (κ2) is 14.4. The molecule has 2 atom stereocenters. The number of carbonyl (C=O) groups excluding carboxylic acids is 3. The summed E-state index contributed by atoms with van der Waals surface area (Å²) in [6, 6.07) is 16.2. The molecule has 1 fully saturated rings. The first-order valence-electron chi connectivity index (χ1n) is 14.5. The van der Waals surface area contributed by atoms with E-state index in [1.807, 2.05) is 18.1 Å². The second-order valence-corrected chi connectivity index (χ2v) is 11.6. The van der Waals surface area contributed by atoms with Crippen molar-refractivity contribution in [3.8, 4) is 5.75 Å². The number of aliphatic hydroxyl groups is 1. The van der Waals surface area contributed by atoms with E-state index in [1.54, 1.807) is 53.4 Å². The van der Waals surface area contributed by atoms with Crippen molar-refractivity contribution in [2.24, 2.45) is 0 Å². The molecule has 0 aromatic heterocycles. The molecule has 230 valence electrons. The third kappa shape index (κ3) is 6.84. The van der Waals surface area contributed by atoms with E-state index in [0.29, 0.717) is 46.4 Å². The molecule has 0 radical (unpaired) electrons. The molecule has 0 saturated carbocycles. The van der Waals surface area contributed by atoms with Crippen molar-refractivity contribution in [3.63, 3.8) is 0 Å². The highest BCUT2D eigenvalue weighted by Gasteiger charge is 2.39. The Morgan fingerprint density at radius 2 is 1.82 bits per heavy atom. The van der Waals surface area contributed by atoms with Crippen LogP contribution in [0.15, 0.2) is 66.7 Å². The van der Waals surface area contributed by atoms with Crippen LogP contribution in [0.25, 0.3) is 0 Å². The van der Waals surface area contributed by atoms with Crippen LogP contribution in [-0.2, 0) is 11.2 Å². The summed E-state index contributed by atoms with van der Waals surface area (Å²) in [7, 11) is 1.46. The SMILES string of the molecule is COc1cc(NC(=O)c2ccccc2Cl)ccc1C(=O)N1c2ccc(Cl)cc2CCC(N2CCN(CCO)CC2)C1C=C=O. The largest absolute Gasteiger partial charge is 0.496 e. The molecule has 9 nitrogen and oxygen atoms in total. The lowest BCUT2D eigenvalue weighted by Crippen LogP contribution is -2.58. The predicted molar refractivity (Wildman–Crippen MR) is 172 cm³/mol. The maximum absolute atomic E-state index is 14.5. The number of amides is 2. The van der Waals surface area contributed by atoms with E-state index in [2.05, 4.69) is 15.1 Å². The molecule has 2 heterocycles. The van der Waals surface area contributed by atoms with E-state index in [1.165, 1.54) is 13.2 Å². The number of fused-ring (bicyclic) bond motifs is 1. The lowest BCUT2D eigenvalue weighted by Gasteiger charge is -2.43. The number of benzene rings is 3. The molecule has 3 aromatic carbocycles. The van der Waals surface area contributed by atoms with E-state index in [4.69, 9.17) is 27.9 Å². The van der Waals surface area contributed by atoms with Crippen LogP contribution < -0.4 is 15.0 Å². The number of aliphatic hydroxyl groups excluding tert-OH is 1. The fraction of sp³-hybridized carbons (Fsp3) is 0.333. The van der Waals surface area contributed by atoms with Crippen molar-refractivity contribution >= 4 is 52.3 Å². The van der Waals surface area contributed by atoms with Gasteiger partial charge in [-0.05, 0) is 60.9 Å². The van der Waals surface area contributed by atoms with Gasteiger partial charge < -0.3 is 15.2 Å². The van der Waals surface area contributed by atoms with Gasteiger partial charge in [0.2, 0.25) is 0 Å². The average molecular weight is 638 g/mol. The molecular formula is C33H34Cl2N4O5. The van der Waals surface area contributed by atoms with Gasteiger partial charge in [-0.2, -0.15) is 0 Å². The second-order valence-electron chi connectivity index (χ2n) is 10.8. The standard InChI is InChI=1S/C33H34Cl2N4O5/c1-44-31-21-24(36-32(42)25-4-2-3-5-27(25)35)8-9-26(31)33(43)39-28-11-7-23(34)20-22(28)6-10-29(30(39)12-18-40)38-15-13-37(14-16-38)17-19-41/h2-5,7-9,11-12,20-21,29-30,41H,6,10,13-17,19H2,1H3,(H,36,42). The van der Waals surface area contributed by atoms with Crippen LogP contribution in [0.1, 0.15) is 32.7 Å². The zero-order valence-corrected chi connectivity index (χ0v) is 25.9. The van der Waals surface area contributed by atoms with Crippen LogP contribution in [0.2, 0.25) is 10.0 Å². The Balaban J connectivity index is 1.50. The highest BCUT2D eigenvalue weighted by Crippen LogP contribution is 2.37. The highest BCUT2D eigenvalue weighted by molar-refractivity contribution is 6.34. The fourth-order valence-electron chi connectivity index (χ4n) is 6.07. The molecule has 0 bridgehead atoms. The number of β-amino-alcohol motifs (C(OH)–C–C–N with tert-alkyl or cyclic N) is 1. The summed E-state index contributed by atoms with van der Waals surface area (Å²) >= 11 is 12.6. The summed E-state index contributed by atoms with van der Waals surface area (Å²) in [5, 5.41) is 13.1. The molecule has 2 unspecified atom stereocenters. The number of hydrogen-bond acceptors (Lipinski definition) is 7. The van der Waals surface area contributed by atoms with Crippen molar-refractivity contribution in [2.75, 3.05) is 56.7 Å². The summed E-state index contributed by atoms with van der Waals surface area (Å²) in [4.78, 5) is 45.5. The third-order valence-corrected chi connectivity index (χ3v) is 8.83. The van der Waals surface area contributed by atoms with E-state index >= 15 is 0 Å². The number of hydrogen-bond donors (Lipinski definition) is 2. The van der Waals surface area contributed by atoms with Crippen molar-refractivity contribution < 1.29 is 24.2 Å². The molecule has 0 spiro atoms. The van der Waals surface area contributed by atoms with Gasteiger partial charge >= 0.3 is 0 Å². The summed E-state index contributed by atoms with van der Waals surface area (Å²) in [5.74, 6) is 1.47. The number of carbonyl (C=O) groups is 2. The van der Waals surface area contributed by atoms with Gasteiger partial charge in [0, 0.05) is 67.3 Å². The Bertz CT molecular complexity index is 1570. The molecule has 2 aliphatic heterocycles. The van der Waals surface area contributed by atoms with Crippen LogP contribution >= 0.6 is 23.2 Å². The number of aryl methyl sites for hydroxylation is 1. The Kier molecular flexibility index (Phi) is 10.4. The minimum atomic E-state index is -0.615. The van der Waals surface area contributed by atoms with Gasteiger partial charge in [-0.15, -0.1) is 0 Å². The first-order chi connectivity index (χ1) is 21.3. The van der Waals surface area contributed by atoms with Gasteiger partial charge in [0.25, 0.3) is 11.8 Å². The fourth-order valence-corrected chi connectivity index (χ4v) is 6.49. The van der Waals surface area contributed by atoms with Gasteiger partial charge in [-0.3, -0.25) is 24.3 Å². The number of nitrogens with one attached hydrogen (secondary N) is 1. The number of rotatable bonds is 8. The summed E-state index contributed by atoms with van der Waals surface area (Å²) in [5.41, 5.74) is 2.57. The zero-order valence-electron chi connectivity index (χ0n) is 24.3. The number of halogens is 2. The summed E-state index contributed by atoms with van der Waals surface area (Å²) < 4.78 is 5.65. The molecule has 2 amide bonds. The minimum Gasteiger partial charge on any atom is -0.496 e. The molecular weight excluding hydrogens is 603 g/mol. The minimum absolute atomic E-state index is 0.0998. The normalized spacial score (nSPS) is 19.0. The smallest absolute Gasteiger partial charge is 0.262 e.